The zero-order valence-corrected chi connectivity index (χ0v) is 11.1. The van der Waals surface area contributed by atoms with Crippen molar-refractivity contribution in [2.24, 2.45) is 18.7 Å². The lowest BCUT2D eigenvalue weighted by Gasteiger charge is -2.24. The van der Waals surface area contributed by atoms with Crippen LogP contribution in [0.1, 0.15) is 26.1 Å². The Kier molecular flexibility index (Phi) is 4.69. The van der Waals surface area contributed by atoms with Crippen molar-refractivity contribution in [2.75, 3.05) is 7.05 Å². The summed E-state index contributed by atoms with van der Waals surface area (Å²) in [7, 11) is 3.68. The van der Waals surface area contributed by atoms with E-state index >= 15 is 0 Å². The Morgan fingerprint density at radius 2 is 2.29 bits per heavy atom. The highest BCUT2D eigenvalue weighted by molar-refractivity contribution is 5.81. The van der Waals surface area contributed by atoms with Gasteiger partial charge in [-0.1, -0.05) is 20.3 Å². The van der Waals surface area contributed by atoms with Crippen molar-refractivity contribution in [1.82, 2.24) is 14.5 Å². The number of hydrogen-bond acceptors (Lipinski definition) is 3. The zero-order valence-electron chi connectivity index (χ0n) is 11.1. The lowest BCUT2D eigenvalue weighted by Crippen LogP contribution is -2.45. The number of rotatable bonds is 5. The summed E-state index contributed by atoms with van der Waals surface area (Å²) in [5.74, 6) is 1.03. The number of nitrogens with two attached hydrogens (primary N) is 1. The molecule has 0 radical (unpaired) electrons. The molecule has 0 bridgehead atoms. The molecule has 1 amide bonds. The van der Waals surface area contributed by atoms with Gasteiger partial charge < -0.3 is 15.2 Å². The molecule has 0 aliphatic carbocycles. The first-order chi connectivity index (χ1) is 7.97. The van der Waals surface area contributed by atoms with E-state index in [1.165, 1.54) is 0 Å². The second kappa shape index (κ2) is 5.82. The molecule has 17 heavy (non-hydrogen) atoms. The van der Waals surface area contributed by atoms with Crippen LogP contribution in [0.3, 0.4) is 0 Å². The zero-order chi connectivity index (χ0) is 13.0. The number of amides is 1. The van der Waals surface area contributed by atoms with Crippen LogP contribution in [0.4, 0.5) is 0 Å². The van der Waals surface area contributed by atoms with Gasteiger partial charge >= 0.3 is 0 Å². The van der Waals surface area contributed by atoms with Gasteiger partial charge in [0.15, 0.2) is 0 Å². The average Bonchev–Trinajstić information content (AvgIpc) is 2.72. The first kappa shape index (κ1) is 13.7. The van der Waals surface area contributed by atoms with Crippen molar-refractivity contribution >= 4 is 5.91 Å². The van der Waals surface area contributed by atoms with Gasteiger partial charge in [-0.25, -0.2) is 4.98 Å². The summed E-state index contributed by atoms with van der Waals surface area (Å²) in [5.41, 5.74) is 5.92. The first-order valence-corrected chi connectivity index (χ1v) is 5.94. The van der Waals surface area contributed by atoms with Crippen LogP contribution in [0, 0.1) is 5.92 Å². The summed E-state index contributed by atoms with van der Waals surface area (Å²) in [4.78, 5) is 17.9. The van der Waals surface area contributed by atoms with Gasteiger partial charge in [0.05, 0.1) is 12.6 Å². The van der Waals surface area contributed by atoms with Gasteiger partial charge in [-0.15, -0.1) is 0 Å². The summed E-state index contributed by atoms with van der Waals surface area (Å²) in [6.45, 7) is 4.53. The van der Waals surface area contributed by atoms with Crippen LogP contribution >= 0.6 is 0 Å². The fourth-order valence-electron chi connectivity index (χ4n) is 1.59. The van der Waals surface area contributed by atoms with E-state index in [1.54, 1.807) is 18.1 Å². The second-order valence-electron chi connectivity index (χ2n) is 4.56. The molecule has 1 aromatic heterocycles. The Morgan fingerprint density at radius 1 is 1.65 bits per heavy atom. The Balaban J connectivity index is 2.61. The van der Waals surface area contributed by atoms with Crippen molar-refractivity contribution in [2.45, 2.75) is 32.9 Å². The van der Waals surface area contributed by atoms with Gasteiger partial charge in [0.1, 0.15) is 5.82 Å². The van der Waals surface area contributed by atoms with Crippen molar-refractivity contribution in [3.05, 3.63) is 18.2 Å². The number of imidazole rings is 1. The number of likely N-dealkylation sites (N-methyl/N-ethyl adjacent to an activating group) is 1. The van der Waals surface area contributed by atoms with Gasteiger partial charge in [0, 0.05) is 26.5 Å². The molecule has 1 aromatic rings. The van der Waals surface area contributed by atoms with Crippen LogP contribution in [-0.2, 0) is 18.4 Å². The topological polar surface area (TPSA) is 64.2 Å². The Hall–Kier alpha value is -1.36. The lowest BCUT2D eigenvalue weighted by molar-refractivity contribution is -0.133. The highest BCUT2D eigenvalue weighted by Gasteiger charge is 2.23. The maximum absolute atomic E-state index is 12.0. The fraction of sp³-hybridized carbons (Fsp3) is 0.667. The number of carbonyl (C=O) groups is 1. The van der Waals surface area contributed by atoms with E-state index in [0.29, 0.717) is 6.54 Å². The fourth-order valence-corrected chi connectivity index (χ4v) is 1.59. The molecule has 0 spiro atoms. The molecule has 0 saturated carbocycles. The maximum Gasteiger partial charge on any atom is 0.239 e. The first-order valence-electron chi connectivity index (χ1n) is 5.94. The molecular formula is C12H22N4O. The minimum absolute atomic E-state index is 0.0256. The van der Waals surface area contributed by atoms with Crippen LogP contribution in [0.15, 0.2) is 12.4 Å². The molecule has 96 valence electrons. The van der Waals surface area contributed by atoms with E-state index in [9.17, 15) is 4.79 Å². The van der Waals surface area contributed by atoms with E-state index in [0.717, 1.165) is 12.2 Å². The predicted molar refractivity (Wildman–Crippen MR) is 67.1 cm³/mol. The van der Waals surface area contributed by atoms with Crippen LogP contribution in [0.2, 0.25) is 0 Å². The molecule has 0 aliphatic heterocycles. The minimum Gasteiger partial charge on any atom is -0.337 e. The molecule has 1 rings (SSSR count). The highest BCUT2D eigenvalue weighted by atomic mass is 16.2. The van der Waals surface area contributed by atoms with Crippen LogP contribution in [0.5, 0.6) is 0 Å². The quantitative estimate of drug-likeness (QED) is 0.823. The third-order valence-corrected chi connectivity index (χ3v) is 3.22. The third kappa shape index (κ3) is 3.30. The molecule has 1 unspecified atom stereocenters. The Labute approximate surface area is 103 Å². The second-order valence-corrected chi connectivity index (χ2v) is 4.56. The third-order valence-electron chi connectivity index (χ3n) is 3.22. The molecule has 0 fully saturated rings. The molecule has 0 aromatic carbocycles. The number of aryl methyl sites for hydroxylation is 1. The molecule has 5 nitrogen and oxygen atoms in total. The van der Waals surface area contributed by atoms with E-state index in [-0.39, 0.29) is 11.8 Å². The van der Waals surface area contributed by atoms with E-state index < -0.39 is 6.04 Å². The normalized spacial score (nSPS) is 14.4. The van der Waals surface area contributed by atoms with Crippen molar-refractivity contribution in [1.29, 1.82) is 0 Å². The van der Waals surface area contributed by atoms with Gasteiger partial charge in [0.2, 0.25) is 5.91 Å². The summed E-state index contributed by atoms with van der Waals surface area (Å²) < 4.78 is 1.90. The van der Waals surface area contributed by atoms with E-state index in [2.05, 4.69) is 4.98 Å². The number of hydrogen-bond donors (Lipinski definition) is 1. The molecule has 5 heteroatoms. The molecule has 1 heterocycles. The minimum atomic E-state index is -0.426. The van der Waals surface area contributed by atoms with E-state index in [4.69, 9.17) is 5.73 Å². The van der Waals surface area contributed by atoms with Gasteiger partial charge in [-0.3, -0.25) is 4.79 Å². The van der Waals surface area contributed by atoms with Crippen molar-refractivity contribution in [3.8, 4) is 0 Å². The van der Waals surface area contributed by atoms with Crippen LogP contribution < -0.4 is 5.73 Å². The van der Waals surface area contributed by atoms with Crippen molar-refractivity contribution in [3.63, 3.8) is 0 Å². The largest absolute Gasteiger partial charge is 0.337 e. The highest BCUT2D eigenvalue weighted by Crippen LogP contribution is 2.09. The molecule has 2 N–H and O–H groups in total. The maximum atomic E-state index is 12.0. The number of aromatic nitrogens is 2. The predicted octanol–water partition coefficient (Wildman–Crippen LogP) is 0.752. The lowest BCUT2D eigenvalue weighted by atomic mass is 9.99. The Bertz CT molecular complexity index is 374. The molecule has 0 aliphatic rings. The Morgan fingerprint density at radius 3 is 2.76 bits per heavy atom. The summed E-state index contributed by atoms with van der Waals surface area (Å²) in [6.07, 6.45) is 4.49. The number of carbonyl (C=O) groups excluding carboxylic acids is 1. The van der Waals surface area contributed by atoms with Crippen LogP contribution in [0.25, 0.3) is 0 Å². The number of nitrogens with zero attached hydrogens (tertiary/aromatic N) is 3. The van der Waals surface area contributed by atoms with E-state index in [1.807, 2.05) is 31.7 Å². The monoisotopic (exact) mass is 238 g/mol. The molecular weight excluding hydrogens is 216 g/mol. The summed E-state index contributed by atoms with van der Waals surface area (Å²) in [5, 5.41) is 0. The average molecular weight is 238 g/mol. The van der Waals surface area contributed by atoms with Gasteiger partial charge in [-0.2, -0.15) is 0 Å². The summed E-state index contributed by atoms with van der Waals surface area (Å²) in [6, 6.07) is -0.426. The molecule has 0 saturated heterocycles. The van der Waals surface area contributed by atoms with Crippen molar-refractivity contribution < 1.29 is 4.79 Å². The standard InChI is InChI=1S/C12H22N4O/c1-5-9(2)11(13)12(17)16(4)8-10-14-6-7-15(10)3/h6-7,9,11H,5,8,13H2,1-4H3/t9?,11-/m1/s1. The summed E-state index contributed by atoms with van der Waals surface area (Å²) >= 11 is 0. The van der Waals surface area contributed by atoms with Crippen LogP contribution in [-0.4, -0.2) is 33.4 Å². The van der Waals surface area contributed by atoms with Gasteiger partial charge in [-0.05, 0) is 5.92 Å². The van der Waals surface area contributed by atoms with Gasteiger partial charge in [0.25, 0.3) is 0 Å². The SMILES string of the molecule is CCC(C)[C@@H](N)C(=O)N(C)Cc1nccn1C. The molecule has 2 atom stereocenters. The smallest absolute Gasteiger partial charge is 0.239 e.